The lowest BCUT2D eigenvalue weighted by Crippen LogP contribution is -2.27. The first-order valence-electron chi connectivity index (χ1n) is 8.10. The first-order chi connectivity index (χ1) is 12.1. The van der Waals surface area contributed by atoms with E-state index in [1.54, 1.807) is 25.1 Å². The van der Waals surface area contributed by atoms with Crippen molar-refractivity contribution >= 4 is 17.6 Å². The zero-order valence-electron chi connectivity index (χ0n) is 13.8. The summed E-state index contributed by atoms with van der Waals surface area (Å²) < 4.78 is 21.2. The molecule has 2 heterocycles. The lowest BCUT2D eigenvalue weighted by Gasteiger charge is -2.14. The summed E-state index contributed by atoms with van der Waals surface area (Å²) in [5.41, 5.74) is 0.724. The van der Waals surface area contributed by atoms with E-state index in [-0.39, 0.29) is 18.6 Å². The van der Waals surface area contributed by atoms with Crippen LogP contribution in [0.2, 0.25) is 5.02 Å². The van der Waals surface area contributed by atoms with E-state index in [1.807, 2.05) is 6.07 Å². The molecular formula is C17H19ClN2O5. The van der Waals surface area contributed by atoms with Gasteiger partial charge in [-0.05, 0) is 31.9 Å². The van der Waals surface area contributed by atoms with Crippen molar-refractivity contribution in [2.75, 3.05) is 13.2 Å². The van der Waals surface area contributed by atoms with Crippen molar-refractivity contribution in [3.05, 3.63) is 35.2 Å². The van der Waals surface area contributed by atoms with Gasteiger partial charge in [0.25, 0.3) is 5.89 Å². The van der Waals surface area contributed by atoms with Gasteiger partial charge in [0.2, 0.25) is 5.82 Å². The number of carbonyl (C=O) groups excluding carboxylic acids is 1. The monoisotopic (exact) mass is 366 g/mol. The SMILES string of the molecule is CC(OCC1CCCO1)C(=O)OCc1nc(-c2cccc(Cl)c2)no1. The number of esters is 1. The number of nitrogens with zero attached hydrogens (tertiary/aromatic N) is 2. The highest BCUT2D eigenvalue weighted by Crippen LogP contribution is 2.20. The molecule has 8 heteroatoms. The van der Waals surface area contributed by atoms with Gasteiger partial charge in [-0.15, -0.1) is 0 Å². The Bertz CT molecular complexity index is 715. The third-order valence-electron chi connectivity index (χ3n) is 3.78. The van der Waals surface area contributed by atoms with Crippen molar-refractivity contribution in [1.29, 1.82) is 0 Å². The molecule has 2 unspecified atom stereocenters. The number of ether oxygens (including phenoxy) is 3. The lowest BCUT2D eigenvalue weighted by atomic mass is 10.2. The zero-order chi connectivity index (χ0) is 17.6. The van der Waals surface area contributed by atoms with Crippen LogP contribution in [0, 0.1) is 0 Å². The Morgan fingerprint density at radius 3 is 3.12 bits per heavy atom. The van der Waals surface area contributed by atoms with Crippen LogP contribution in [-0.4, -0.2) is 41.5 Å². The van der Waals surface area contributed by atoms with Crippen LogP contribution in [0.1, 0.15) is 25.7 Å². The number of benzene rings is 1. The van der Waals surface area contributed by atoms with Crippen LogP contribution in [0.25, 0.3) is 11.4 Å². The Morgan fingerprint density at radius 2 is 2.36 bits per heavy atom. The van der Waals surface area contributed by atoms with Crippen molar-refractivity contribution in [2.24, 2.45) is 0 Å². The van der Waals surface area contributed by atoms with Gasteiger partial charge in [-0.1, -0.05) is 28.9 Å². The maximum Gasteiger partial charge on any atom is 0.335 e. The van der Waals surface area contributed by atoms with Gasteiger partial charge in [-0.3, -0.25) is 0 Å². The molecule has 134 valence electrons. The van der Waals surface area contributed by atoms with E-state index in [4.69, 9.17) is 30.3 Å². The predicted molar refractivity (Wildman–Crippen MR) is 88.9 cm³/mol. The summed E-state index contributed by atoms with van der Waals surface area (Å²) in [4.78, 5) is 16.1. The van der Waals surface area contributed by atoms with Crippen molar-refractivity contribution in [3.8, 4) is 11.4 Å². The number of aromatic nitrogens is 2. The highest BCUT2D eigenvalue weighted by molar-refractivity contribution is 6.30. The van der Waals surface area contributed by atoms with E-state index < -0.39 is 12.1 Å². The van der Waals surface area contributed by atoms with E-state index >= 15 is 0 Å². The molecule has 0 aliphatic carbocycles. The fourth-order valence-corrected chi connectivity index (χ4v) is 2.59. The Labute approximate surface area is 150 Å². The number of rotatable bonds is 7. The molecule has 1 aromatic carbocycles. The predicted octanol–water partition coefficient (Wildman–Crippen LogP) is 3.02. The molecule has 3 rings (SSSR count). The first kappa shape index (κ1) is 17.8. The molecule has 2 aromatic rings. The van der Waals surface area contributed by atoms with Crippen molar-refractivity contribution in [3.63, 3.8) is 0 Å². The topological polar surface area (TPSA) is 83.7 Å². The van der Waals surface area contributed by atoms with Gasteiger partial charge >= 0.3 is 5.97 Å². The fraction of sp³-hybridized carbons (Fsp3) is 0.471. The second-order valence-electron chi connectivity index (χ2n) is 5.74. The number of hydrogen-bond donors (Lipinski definition) is 0. The van der Waals surface area contributed by atoms with Gasteiger partial charge in [0.15, 0.2) is 12.7 Å². The molecule has 7 nitrogen and oxygen atoms in total. The van der Waals surface area contributed by atoms with Crippen molar-refractivity contribution < 1.29 is 23.5 Å². The fourth-order valence-electron chi connectivity index (χ4n) is 2.40. The Balaban J connectivity index is 1.47. The molecule has 1 aliphatic heterocycles. The van der Waals surface area contributed by atoms with E-state index in [1.165, 1.54) is 0 Å². The molecule has 0 bridgehead atoms. The van der Waals surface area contributed by atoms with Gasteiger partial charge in [0.05, 0.1) is 12.7 Å². The normalized spacial score (nSPS) is 18.2. The highest BCUT2D eigenvalue weighted by atomic mass is 35.5. The molecule has 0 spiro atoms. The second kappa shape index (κ2) is 8.42. The Kier molecular flexibility index (Phi) is 6.01. The summed E-state index contributed by atoms with van der Waals surface area (Å²) in [6.45, 7) is 2.66. The van der Waals surface area contributed by atoms with Crippen LogP contribution in [0.5, 0.6) is 0 Å². The molecule has 1 saturated heterocycles. The Morgan fingerprint density at radius 1 is 1.48 bits per heavy atom. The van der Waals surface area contributed by atoms with Crippen LogP contribution in [0.15, 0.2) is 28.8 Å². The van der Waals surface area contributed by atoms with Gasteiger partial charge in [0.1, 0.15) is 0 Å². The van der Waals surface area contributed by atoms with Crippen LogP contribution in [0.4, 0.5) is 0 Å². The third-order valence-corrected chi connectivity index (χ3v) is 4.01. The average molecular weight is 367 g/mol. The molecule has 0 radical (unpaired) electrons. The molecule has 1 aromatic heterocycles. The number of halogens is 1. The van der Waals surface area contributed by atoms with Crippen LogP contribution < -0.4 is 0 Å². The molecule has 0 saturated carbocycles. The lowest BCUT2D eigenvalue weighted by molar-refractivity contribution is -0.160. The maximum atomic E-state index is 11.9. The summed E-state index contributed by atoms with van der Waals surface area (Å²) >= 11 is 5.94. The minimum atomic E-state index is -0.681. The summed E-state index contributed by atoms with van der Waals surface area (Å²) in [5.74, 6) is 0.103. The van der Waals surface area contributed by atoms with Gasteiger partial charge < -0.3 is 18.7 Å². The third kappa shape index (κ3) is 5.01. The molecule has 2 atom stereocenters. The molecular weight excluding hydrogens is 348 g/mol. The van der Waals surface area contributed by atoms with E-state index in [9.17, 15) is 4.79 Å². The minimum absolute atomic E-state index is 0.0615. The molecule has 1 aliphatic rings. The Hall–Kier alpha value is -1.96. The summed E-state index contributed by atoms with van der Waals surface area (Å²) in [6, 6.07) is 7.09. The van der Waals surface area contributed by atoms with E-state index in [0.717, 1.165) is 25.0 Å². The molecule has 25 heavy (non-hydrogen) atoms. The average Bonchev–Trinajstić information content (AvgIpc) is 3.29. The van der Waals surface area contributed by atoms with Crippen molar-refractivity contribution in [1.82, 2.24) is 10.1 Å². The first-order valence-corrected chi connectivity index (χ1v) is 8.48. The highest BCUT2D eigenvalue weighted by Gasteiger charge is 2.21. The summed E-state index contributed by atoms with van der Waals surface area (Å²) in [5, 5.41) is 4.43. The minimum Gasteiger partial charge on any atom is -0.454 e. The van der Waals surface area contributed by atoms with E-state index in [0.29, 0.717) is 17.5 Å². The van der Waals surface area contributed by atoms with E-state index in [2.05, 4.69) is 10.1 Å². The quantitative estimate of drug-likeness (QED) is 0.696. The largest absolute Gasteiger partial charge is 0.454 e. The van der Waals surface area contributed by atoms with Gasteiger partial charge in [-0.2, -0.15) is 4.98 Å². The standard InChI is InChI=1S/C17H19ClN2O5/c1-11(23-9-14-6-3-7-22-14)17(21)24-10-15-19-16(20-25-15)12-4-2-5-13(18)8-12/h2,4-5,8,11,14H,3,6-7,9-10H2,1H3. The second-order valence-corrected chi connectivity index (χ2v) is 6.18. The van der Waals surface area contributed by atoms with Crippen LogP contribution >= 0.6 is 11.6 Å². The van der Waals surface area contributed by atoms with Crippen LogP contribution in [0.3, 0.4) is 0 Å². The summed E-state index contributed by atoms with van der Waals surface area (Å²) in [6.07, 6.45) is 1.36. The smallest absolute Gasteiger partial charge is 0.335 e. The zero-order valence-corrected chi connectivity index (χ0v) is 14.6. The van der Waals surface area contributed by atoms with Gasteiger partial charge in [0, 0.05) is 17.2 Å². The summed E-state index contributed by atoms with van der Waals surface area (Å²) in [7, 11) is 0. The maximum absolute atomic E-state index is 11.9. The molecule has 1 fully saturated rings. The van der Waals surface area contributed by atoms with Crippen LogP contribution in [-0.2, 0) is 25.6 Å². The van der Waals surface area contributed by atoms with Crippen molar-refractivity contribution in [2.45, 2.75) is 38.6 Å². The molecule has 0 N–H and O–H groups in total. The van der Waals surface area contributed by atoms with Gasteiger partial charge in [-0.25, -0.2) is 4.79 Å². The molecule has 0 amide bonds. The number of hydrogen-bond acceptors (Lipinski definition) is 7. The number of carbonyl (C=O) groups is 1.